The van der Waals surface area contributed by atoms with Gasteiger partial charge in [-0.1, -0.05) is 27.2 Å². The Bertz CT molecular complexity index is 261. The summed E-state index contributed by atoms with van der Waals surface area (Å²) in [6.45, 7) is 7.16. The van der Waals surface area contributed by atoms with Gasteiger partial charge in [-0.15, -0.1) is 0 Å². The van der Waals surface area contributed by atoms with Gasteiger partial charge in [0.15, 0.2) is 0 Å². The highest BCUT2D eigenvalue weighted by atomic mass is 16.3. The second kappa shape index (κ2) is 3.99. The lowest BCUT2D eigenvalue weighted by atomic mass is 9.48. The van der Waals surface area contributed by atoms with Gasteiger partial charge in [0, 0.05) is 12.5 Å². The van der Waals surface area contributed by atoms with E-state index in [9.17, 15) is 10.2 Å². The first-order chi connectivity index (χ1) is 7.42. The smallest absolute Gasteiger partial charge is 0.0595 e. The number of fused-ring (bicyclic) bond motifs is 1. The van der Waals surface area contributed by atoms with E-state index in [4.69, 9.17) is 0 Å². The maximum absolute atomic E-state index is 10.1. The second-order valence-electron chi connectivity index (χ2n) is 6.83. The van der Waals surface area contributed by atoms with Gasteiger partial charge in [0.25, 0.3) is 0 Å². The molecular weight excluding hydrogens is 200 g/mol. The Balaban J connectivity index is 2.31. The van der Waals surface area contributed by atoms with Crippen LogP contribution in [0.4, 0.5) is 0 Å². The fourth-order valence-electron chi connectivity index (χ4n) is 4.64. The minimum atomic E-state index is -0.292. The molecule has 2 fully saturated rings. The third-order valence-corrected chi connectivity index (χ3v) is 5.54. The number of hydrogen-bond acceptors (Lipinski definition) is 2. The molecule has 2 aliphatic carbocycles. The van der Waals surface area contributed by atoms with Crippen LogP contribution in [0.3, 0.4) is 0 Å². The average Bonchev–Trinajstić information content (AvgIpc) is 2.15. The van der Waals surface area contributed by atoms with Gasteiger partial charge >= 0.3 is 0 Å². The first-order valence-electron chi connectivity index (χ1n) is 6.71. The normalized spacial score (nSPS) is 47.4. The zero-order valence-corrected chi connectivity index (χ0v) is 10.9. The van der Waals surface area contributed by atoms with Crippen LogP contribution in [0.25, 0.3) is 0 Å². The van der Waals surface area contributed by atoms with Gasteiger partial charge < -0.3 is 10.2 Å². The Hall–Kier alpha value is -0.0800. The Morgan fingerprint density at radius 1 is 1.12 bits per heavy atom. The van der Waals surface area contributed by atoms with Crippen molar-refractivity contribution in [1.82, 2.24) is 0 Å². The molecule has 0 aromatic heterocycles. The molecule has 0 amide bonds. The summed E-state index contributed by atoms with van der Waals surface area (Å²) in [6, 6.07) is 0. The van der Waals surface area contributed by atoms with Gasteiger partial charge in [0.05, 0.1) is 6.10 Å². The molecule has 2 aliphatic rings. The summed E-state index contributed by atoms with van der Waals surface area (Å²) in [5.41, 5.74) is 0.523. The highest BCUT2D eigenvalue weighted by Crippen LogP contribution is 2.59. The van der Waals surface area contributed by atoms with Crippen molar-refractivity contribution in [2.75, 3.05) is 6.61 Å². The van der Waals surface area contributed by atoms with Crippen molar-refractivity contribution in [2.24, 2.45) is 22.7 Å². The molecule has 94 valence electrons. The minimum absolute atomic E-state index is 0.0887. The second-order valence-corrected chi connectivity index (χ2v) is 6.83. The van der Waals surface area contributed by atoms with Crippen LogP contribution in [-0.2, 0) is 0 Å². The first-order valence-corrected chi connectivity index (χ1v) is 6.71. The van der Waals surface area contributed by atoms with Crippen LogP contribution in [0, 0.1) is 22.7 Å². The Labute approximate surface area is 99.1 Å². The van der Waals surface area contributed by atoms with E-state index in [-0.39, 0.29) is 24.0 Å². The van der Waals surface area contributed by atoms with E-state index >= 15 is 0 Å². The van der Waals surface area contributed by atoms with E-state index < -0.39 is 0 Å². The van der Waals surface area contributed by atoms with Crippen molar-refractivity contribution in [3.63, 3.8) is 0 Å². The maximum atomic E-state index is 10.1. The topological polar surface area (TPSA) is 40.5 Å². The molecule has 2 rings (SSSR count). The fourth-order valence-corrected chi connectivity index (χ4v) is 4.64. The lowest BCUT2D eigenvalue weighted by Gasteiger charge is -2.58. The molecule has 16 heavy (non-hydrogen) atoms. The van der Waals surface area contributed by atoms with Crippen molar-refractivity contribution in [3.05, 3.63) is 0 Å². The number of rotatable bonds is 1. The summed E-state index contributed by atoms with van der Waals surface area (Å²) in [7, 11) is 0. The van der Waals surface area contributed by atoms with Crippen LogP contribution in [0.5, 0.6) is 0 Å². The van der Waals surface area contributed by atoms with Crippen molar-refractivity contribution < 1.29 is 10.2 Å². The van der Waals surface area contributed by atoms with Crippen molar-refractivity contribution in [2.45, 2.75) is 59.0 Å². The van der Waals surface area contributed by atoms with Gasteiger partial charge in [-0.3, -0.25) is 0 Å². The van der Waals surface area contributed by atoms with Gasteiger partial charge in [0.1, 0.15) is 0 Å². The van der Waals surface area contributed by atoms with Crippen molar-refractivity contribution >= 4 is 0 Å². The molecule has 0 heterocycles. The van der Waals surface area contributed by atoms with Crippen LogP contribution >= 0.6 is 0 Å². The summed E-state index contributed by atoms with van der Waals surface area (Å²) in [4.78, 5) is 0. The van der Waals surface area contributed by atoms with E-state index in [2.05, 4.69) is 20.8 Å². The molecular formula is C14H26O2. The largest absolute Gasteiger partial charge is 0.396 e. The van der Waals surface area contributed by atoms with Crippen molar-refractivity contribution in [1.29, 1.82) is 0 Å². The molecule has 0 saturated heterocycles. The molecule has 2 heteroatoms. The van der Waals surface area contributed by atoms with Crippen LogP contribution < -0.4 is 0 Å². The summed E-state index contributed by atoms with van der Waals surface area (Å²) >= 11 is 0. The predicted octanol–water partition coefficient (Wildman–Crippen LogP) is 2.58. The maximum Gasteiger partial charge on any atom is 0.0595 e. The molecule has 0 aliphatic heterocycles. The lowest BCUT2D eigenvalue weighted by molar-refractivity contribution is -0.136. The molecule has 2 saturated carbocycles. The number of hydrogen-bond donors (Lipinski definition) is 2. The quantitative estimate of drug-likeness (QED) is 0.721. The third-order valence-electron chi connectivity index (χ3n) is 5.54. The monoisotopic (exact) mass is 226 g/mol. The SMILES string of the molecule is CC1(C)CCC[C@@]2(C)C1CC[C@H](O)[C@H]2CO. The van der Waals surface area contributed by atoms with E-state index in [0.717, 1.165) is 12.8 Å². The van der Waals surface area contributed by atoms with Crippen LogP contribution in [0.1, 0.15) is 52.9 Å². The minimum Gasteiger partial charge on any atom is -0.396 e. The first kappa shape index (κ1) is 12.4. The summed E-state index contributed by atoms with van der Waals surface area (Å²) < 4.78 is 0. The van der Waals surface area contributed by atoms with E-state index in [1.54, 1.807) is 0 Å². The number of aliphatic hydroxyl groups excluding tert-OH is 2. The van der Waals surface area contributed by atoms with Crippen LogP contribution in [0.2, 0.25) is 0 Å². The van der Waals surface area contributed by atoms with Gasteiger partial charge in [0.2, 0.25) is 0 Å². The summed E-state index contributed by atoms with van der Waals surface area (Å²) in [6.07, 6.45) is 5.41. The molecule has 0 radical (unpaired) electrons. The fraction of sp³-hybridized carbons (Fsp3) is 1.00. The van der Waals surface area contributed by atoms with Crippen LogP contribution in [0.15, 0.2) is 0 Å². The van der Waals surface area contributed by atoms with Gasteiger partial charge in [-0.25, -0.2) is 0 Å². The molecule has 4 atom stereocenters. The molecule has 2 nitrogen and oxygen atoms in total. The molecule has 0 bridgehead atoms. The zero-order chi connectivity index (χ0) is 12.0. The van der Waals surface area contributed by atoms with Gasteiger partial charge in [-0.2, -0.15) is 0 Å². The highest BCUT2D eigenvalue weighted by molar-refractivity contribution is 5.03. The Kier molecular flexibility index (Phi) is 3.09. The lowest BCUT2D eigenvalue weighted by Crippen LogP contribution is -2.54. The third kappa shape index (κ3) is 1.70. The van der Waals surface area contributed by atoms with Crippen LogP contribution in [-0.4, -0.2) is 22.9 Å². The summed E-state index contributed by atoms with van der Waals surface area (Å²) in [5, 5.41) is 19.7. The Morgan fingerprint density at radius 3 is 2.44 bits per heavy atom. The molecule has 2 N–H and O–H groups in total. The highest BCUT2D eigenvalue weighted by Gasteiger charge is 2.54. The summed E-state index contributed by atoms with van der Waals surface area (Å²) in [5.74, 6) is 0.750. The average molecular weight is 226 g/mol. The van der Waals surface area contributed by atoms with E-state index in [1.165, 1.54) is 19.3 Å². The molecule has 0 aromatic rings. The Morgan fingerprint density at radius 2 is 1.81 bits per heavy atom. The molecule has 0 spiro atoms. The standard InChI is InChI=1S/C14H26O2/c1-13(2)7-4-8-14(3)10(9-15)11(16)5-6-12(13)14/h10-12,15-16H,4-9H2,1-3H3/t10-,11+,12?,14-/m1/s1. The van der Waals surface area contributed by atoms with E-state index in [0.29, 0.717) is 11.3 Å². The predicted molar refractivity (Wildman–Crippen MR) is 65.0 cm³/mol. The molecule has 1 unspecified atom stereocenters. The number of aliphatic hydroxyl groups is 2. The molecule has 0 aromatic carbocycles. The zero-order valence-electron chi connectivity index (χ0n) is 10.9. The van der Waals surface area contributed by atoms with Crippen molar-refractivity contribution in [3.8, 4) is 0 Å². The van der Waals surface area contributed by atoms with E-state index in [1.807, 2.05) is 0 Å². The van der Waals surface area contributed by atoms with Gasteiger partial charge in [-0.05, 0) is 42.4 Å².